The highest BCUT2D eigenvalue weighted by Crippen LogP contribution is 2.39. The maximum Gasteiger partial charge on any atom is 0.318 e. The van der Waals surface area contributed by atoms with Gasteiger partial charge in [-0.05, 0) is 61.6 Å². The average molecular weight is 486 g/mol. The van der Waals surface area contributed by atoms with Gasteiger partial charge in [0.2, 0.25) is 0 Å². The molecule has 1 atom stereocenters. The van der Waals surface area contributed by atoms with Crippen molar-refractivity contribution in [3.05, 3.63) is 89.2 Å². The first-order valence-electron chi connectivity index (χ1n) is 13.1. The fourth-order valence-electron chi connectivity index (χ4n) is 5.92. The van der Waals surface area contributed by atoms with Gasteiger partial charge in [-0.15, -0.1) is 0 Å². The quantitative estimate of drug-likeness (QED) is 0.447. The lowest BCUT2D eigenvalue weighted by atomic mass is 9.79. The van der Waals surface area contributed by atoms with Gasteiger partial charge in [-0.1, -0.05) is 61.7 Å². The van der Waals surface area contributed by atoms with Gasteiger partial charge < -0.3 is 19.5 Å². The summed E-state index contributed by atoms with van der Waals surface area (Å²) in [6.45, 7) is 4.73. The molecular formula is C30H35N3O3. The number of carbonyl (C=O) groups excluding carboxylic acids is 2. The molecule has 36 heavy (non-hydrogen) atoms. The maximum absolute atomic E-state index is 14.3. The molecule has 1 aliphatic carbocycles. The number of benzene rings is 2. The Hall–Kier alpha value is -3.54. The molecule has 1 saturated carbocycles. The minimum Gasteiger partial charge on any atom is -0.466 e. The van der Waals surface area contributed by atoms with Crippen LogP contribution in [0.3, 0.4) is 0 Å². The molecule has 0 radical (unpaired) electrons. The second-order valence-corrected chi connectivity index (χ2v) is 10.1. The fraction of sp³-hybridized carbons (Fsp3) is 0.400. The zero-order valence-corrected chi connectivity index (χ0v) is 21.2. The van der Waals surface area contributed by atoms with Crippen LogP contribution >= 0.6 is 0 Å². The van der Waals surface area contributed by atoms with Crippen LogP contribution in [-0.2, 0) is 16.1 Å². The molecule has 5 rings (SSSR count). The molecular weight excluding hydrogens is 450 g/mol. The summed E-state index contributed by atoms with van der Waals surface area (Å²) in [6.07, 6.45) is 6.96. The Morgan fingerprint density at radius 2 is 1.75 bits per heavy atom. The molecule has 2 amide bonds. The number of carbonyl (C=O) groups is 2. The number of aryl methyl sites for hydroxylation is 1. The molecule has 6 nitrogen and oxygen atoms in total. The highest BCUT2D eigenvalue weighted by molar-refractivity contribution is 5.79. The van der Waals surface area contributed by atoms with E-state index in [9.17, 15) is 9.59 Å². The van der Waals surface area contributed by atoms with Gasteiger partial charge in [-0.2, -0.15) is 0 Å². The number of fused-ring (bicyclic) bond motifs is 3. The summed E-state index contributed by atoms with van der Waals surface area (Å²) < 4.78 is 7.50. The van der Waals surface area contributed by atoms with Crippen LogP contribution in [0, 0.1) is 6.92 Å². The van der Waals surface area contributed by atoms with Gasteiger partial charge in [0.05, 0.1) is 30.8 Å². The number of urea groups is 1. The SMILES string of the molecule is CCOC(=O)CC1(NC(=O)N2Cc3ccccc3-n3cccc3C2c2ccccc2C)CCCCC1. The molecule has 0 spiro atoms. The first-order chi connectivity index (χ1) is 17.5. The Balaban J connectivity index is 1.57. The minimum atomic E-state index is -0.578. The van der Waals surface area contributed by atoms with E-state index in [1.165, 1.54) is 0 Å². The molecule has 6 heteroatoms. The Morgan fingerprint density at radius 3 is 2.53 bits per heavy atom. The van der Waals surface area contributed by atoms with Crippen LogP contribution in [-0.4, -0.2) is 33.6 Å². The molecule has 1 fully saturated rings. The number of amides is 2. The zero-order valence-electron chi connectivity index (χ0n) is 21.2. The Bertz CT molecular complexity index is 1240. The van der Waals surface area contributed by atoms with Gasteiger partial charge in [0.1, 0.15) is 6.04 Å². The third-order valence-corrected chi connectivity index (χ3v) is 7.68. The van der Waals surface area contributed by atoms with Crippen LogP contribution in [0.2, 0.25) is 0 Å². The third kappa shape index (κ3) is 4.64. The molecule has 3 aromatic rings. The van der Waals surface area contributed by atoms with Gasteiger partial charge in [-0.3, -0.25) is 4.79 Å². The van der Waals surface area contributed by atoms with Crippen LogP contribution in [0.15, 0.2) is 66.9 Å². The van der Waals surface area contributed by atoms with Crippen LogP contribution in [0.4, 0.5) is 4.79 Å². The number of aromatic nitrogens is 1. The summed E-state index contributed by atoms with van der Waals surface area (Å²) in [5.41, 5.74) is 4.88. The predicted octanol–water partition coefficient (Wildman–Crippen LogP) is 6.06. The van der Waals surface area contributed by atoms with Crippen LogP contribution in [0.25, 0.3) is 5.69 Å². The number of rotatable bonds is 5. The number of nitrogens with one attached hydrogen (secondary N) is 1. The summed E-state index contributed by atoms with van der Waals surface area (Å²) in [5.74, 6) is -0.245. The predicted molar refractivity (Wildman–Crippen MR) is 140 cm³/mol. The van der Waals surface area contributed by atoms with Crippen molar-refractivity contribution in [2.24, 2.45) is 0 Å². The second-order valence-electron chi connectivity index (χ2n) is 10.1. The van der Waals surface area contributed by atoms with E-state index in [-0.39, 0.29) is 24.5 Å². The summed E-state index contributed by atoms with van der Waals surface area (Å²) in [4.78, 5) is 28.8. The number of nitrogens with zero attached hydrogens (tertiary/aromatic N) is 2. The van der Waals surface area contributed by atoms with Crippen LogP contribution < -0.4 is 5.32 Å². The molecule has 2 aromatic carbocycles. The number of hydrogen-bond donors (Lipinski definition) is 1. The molecule has 1 N–H and O–H groups in total. The fourth-order valence-corrected chi connectivity index (χ4v) is 5.92. The highest BCUT2D eigenvalue weighted by atomic mass is 16.5. The Labute approximate surface area is 213 Å². The van der Waals surface area contributed by atoms with Gasteiger partial charge in [0.25, 0.3) is 0 Å². The van der Waals surface area contributed by atoms with E-state index in [0.717, 1.165) is 60.2 Å². The third-order valence-electron chi connectivity index (χ3n) is 7.68. The van der Waals surface area contributed by atoms with E-state index in [1.807, 2.05) is 42.2 Å². The van der Waals surface area contributed by atoms with Gasteiger partial charge in [0.15, 0.2) is 0 Å². The molecule has 188 valence electrons. The minimum absolute atomic E-state index is 0.140. The lowest BCUT2D eigenvalue weighted by Gasteiger charge is -2.40. The van der Waals surface area contributed by atoms with Crippen molar-refractivity contribution in [3.63, 3.8) is 0 Å². The van der Waals surface area contributed by atoms with Crippen molar-refractivity contribution >= 4 is 12.0 Å². The molecule has 1 unspecified atom stereocenters. The molecule has 0 bridgehead atoms. The van der Waals surface area contributed by atoms with E-state index >= 15 is 0 Å². The van der Waals surface area contributed by atoms with E-state index in [0.29, 0.717) is 13.2 Å². The van der Waals surface area contributed by atoms with Crippen LogP contribution in [0.1, 0.15) is 73.9 Å². The van der Waals surface area contributed by atoms with Crippen LogP contribution in [0.5, 0.6) is 0 Å². The first kappa shape index (κ1) is 24.2. The summed E-state index contributed by atoms with van der Waals surface area (Å²) in [5, 5.41) is 3.37. The molecule has 0 saturated heterocycles. The van der Waals surface area contributed by atoms with E-state index in [4.69, 9.17) is 4.74 Å². The first-order valence-corrected chi connectivity index (χ1v) is 13.1. The Kier molecular flexibility index (Phi) is 6.86. The monoisotopic (exact) mass is 485 g/mol. The lowest BCUT2D eigenvalue weighted by Crippen LogP contribution is -2.55. The average Bonchev–Trinajstić information content (AvgIpc) is 3.30. The number of esters is 1. The van der Waals surface area contributed by atoms with E-state index in [2.05, 4.69) is 53.3 Å². The van der Waals surface area contributed by atoms with Gasteiger partial charge in [-0.25, -0.2) is 4.79 Å². The highest BCUT2D eigenvalue weighted by Gasteiger charge is 2.40. The topological polar surface area (TPSA) is 63.6 Å². The van der Waals surface area contributed by atoms with Crippen molar-refractivity contribution < 1.29 is 14.3 Å². The molecule has 1 aromatic heterocycles. The smallest absolute Gasteiger partial charge is 0.318 e. The summed E-state index contributed by atoms with van der Waals surface area (Å²) in [6, 6.07) is 20.3. The number of ether oxygens (including phenoxy) is 1. The summed E-state index contributed by atoms with van der Waals surface area (Å²) >= 11 is 0. The van der Waals surface area contributed by atoms with Gasteiger partial charge in [0, 0.05) is 11.9 Å². The van der Waals surface area contributed by atoms with Crippen molar-refractivity contribution in [3.8, 4) is 5.69 Å². The van der Waals surface area contributed by atoms with Crippen molar-refractivity contribution in [1.82, 2.24) is 14.8 Å². The standard InChI is InChI=1S/C30H35N3O3/c1-3-36-27(34)20-30(17-9-4-10-18-30)31-29(35)33-21-23-13-6-8-15-25(23)32-19-11-16-26(32)28(33)24-14-7-5-12-22(24)2/h5-8,11-16,19,28H,3-4,9-10,17-18,20-21H2,1-2H3,(H,31,35). The zero-order chi connectivity index (χ0) is 25.1. The summed E-state index contributed by atoms with van der Waals surface area (Å²) in [7, 11) is 0. The second kappa shape index (κ2) is 10.2. The van der Waals surface area contributed by atoms with Crippen molar-refractivity contribution in [2.75, 3.05) is 6.61 Å². The lowest BCUT2D eigenvalue weighted by molar-refractivity contribution is -0.145. The normalized spacial score (nSPS) is 18.5. The molecule has 1 aliphatic heterocycles. The molecule has 2 heterocycles. The number of hydrogen-bond acceptors (Lipinski definition) is 3. The maximum atomic E-state index is 14.3. The van der Waals surface area contributed by atoms with Crippen molar-refractivity contribution in [2.45, 2.75) is 70.5 Å². The molecule has 2 aliphatic rings. The Morgan fingerprint density at radius 1 is 1.00 bits per heavy atom. The van der Waals surface area contributed by atoms with Crippen molar-refractivity contribution in [1.29, 1.82) is 0 Å². The van der Waals surface area contributed by atoms with Gasteiger partial charge >= 0.3 is 12.0 Å². The van der Waals surface area contributed by atoms with E-state index < -0.39 is 5.54 Å². The number of para-hydroxylation sites is 1. The van der Waals surface area contributed by atoms with E-state index in [1.54, 1.807) is 0 Å². The largest absolute Gasteiger partial charge is 0.466 e.